The maximum atomic E-state index is 12.2. The van der Waals surface area contributed by atoms with Gasteiger partial charge in [0.2, 0.25) is 10.0 Å². The maximum absolute atomic E-state index is 12.2. The zero-order chi connectivity index (χ0) is 14.4. The lowest BCUT2D eigenvalue weighted by Crippen LogP contribution is -2.32. The van der Waals surface area contributed by atoms with Gasteiger partial charge in [-0.1, -0.05) is 24.7 Å². The standard InChI is InChI=1S/C14H18N2O3S/c17-8-4-3-5-12-9-14(11-15-10-12)20(18,19)16-13-6-1-2-7-13/h9-11,13,16-17H,1-2,4,6-8H2. The topological polar surface area (TPSA) is 79.3 Å². The normalized spacial score (nSPS) is 15.8. The fourth-order valence-corrected chi connectivity index (χ4v) is 3.48. The third kappa shape index (κ3) is 4.04. The van der Waals surface area contributed by atoms with E-state index < -0.39 is 10.0 Å². The van der Waals surface area contributed by atoms with E-state index in [0.717, 1.165) is 25.7 Å². The molecule has 0 aromatic carbocycles. The fraction of sp³-hybridized carbons (Fsp3) is 0.500. The van der Waals surface area contributed by atoms with Crippen LogP contribution in [0.2, 0.25) is 0 Å². The summed E-state index contributed by atoms with van der Waals surface area (Å²) in [6, 6.07) is 1.54. The molecule has 0 saturated heterocycles. The number of aromatic nitrogens is 1. The first-order valence-corrected chi connectivity index (χ1v) is 8.17. The third-order valence-electron chi connectivity index (χ3n) is 3.17. The van der Waals surface area contributed by atoms with E-state index >= 15 is 0 Å². The van der Waals surface area contributed by atoms with Crippen LogP contribution in [-0.4, -0.2) is 31.2 Å². The first-order valence-electron chi connectivity index (χ1n) is 6.69. The summed E-state index contributed by atoms with van der Waals surface area (Å²) in [7, 11) is -3.53. The molecule has 2 N–H and O–H groups in total. The Morgan fingerprint density at radius 1 is 1.35 bits per heavy atom. The Hall–Kier alpha value is -1.42. The molecule has 1 aliphatic carbocycles. The molecule has 1 aliphatic rings. The smallest absolute Gasteiger partial charge is 0.242 e. The number of aliphatic hydroxyl groups excluding tert-OH is 1. The van der Waals surface area contributed by atoms with Crippen molar-refractivity contribution in [1.29, 1.82) is 0 Å². The van der Waals surface area contributed by atoms with Gasteiger partial charge in [-0.3, -0.25) is 4.98 Å². The second-order valence-electron chi connectivity index (χ2n) is 4.79. The van der Waals surface area contributed by atoms with Gasteiger partial charge in [-0.25, -0.2) is 13.1 Å². The van der Waals surface area contributed by atoms with E-state index in [1.165, 1.54) is 18.5 Å². The summed E-state index contributed by atoms with van der Waals surface area (Å²) in [6.07, 6.45) is 7.12. The van der Waals surface area contributed by atoms with Crippen LogP contribution in [0.25, 0.3) is 0 Å². The predicted molar refractivity (Wildman–Crippen MR) is 75.4 cm³/mol. The van der Waals surface area contributed by atoms with Gasteiger partial charge in [0, 0.05) is 30.4 Å². The summed E-state index contributed by atoms with van der Waals surface area (Å²) in [5, 5.41) is 8.66. The van der Waals surface area contributed by atoms with Crippen molar-refractivity contribution in [3.8, 4) is 11.8 Å². The van der Waals surface area contributed by atoms with Crippen molar-refractivity contribution in [2.75, 3.05) is 6.61 Å². The van der Waals surface area contributed by atoms with Gasteiger partial charge in [-0.05, 0) is 18.9 Å². The van der Waals surface area contributed by atoms with Gasteiger partial charge in [0.05, 0.1) is 6.61 Å². The Balaban J connectivity index is 2.15. The highest BCUT2D eigenvalue weighted by atomic mass is 32.2. The highest BCUT2D eigenvalue weighted by Gasteiger charge is 2.23. The summed E-state index contributed by atoms with van der Waals surface area (Å²) in [5.74, 6) is 5.53. The molecule has 1 aromatic rings. The van der Waals surface area contributed by atoms with Gasteiger partial charge in [-0.15, -0.1) is 0 Å². The van der Waals surface area contributed by atoms with Crippen molar-refractivity contribution in [1.82, 2.24) is 9.71 Å². The Bertz CT molecular complexity index is 611. The number of hydrogen-bond donors (Lipinski definition) is 2. The maximum Gasteiger partial charge on any atom is 0.242 e. The average molecular weight is 294 g/mol. The quantitative estimate of drug-likeness (QED) is 0.813. The van der Waals surface area contributed by atoms with Gasteiger partial charge in [-0.2, -0.15) is 0 Å². The molecule has 108 valence electrons. The van der Waals surface area contributed by atoms with E-state index in [-0.39, 0.29) is 17.5 Å². The van der Waals surface area contributed by atoms with Crippen LogP contribution in [0, 0.1) is 11.8 Å². The monoisotopic (exact) mass is 294 g/mol. The molecular weight excluding hydrogens is 276 g/mol. The van der Waals surface area contributed by atoms with Gasteiger partial charge in [0.15, 0.2) is 0 Å². The van der Waals surface area contributed by atoms with Gasteiger partial charge in [0.1, 0.15) is 4.90 Å². The molecule has 20 heavy (non-hydrogen) atoms. The Morgan fingerprint density at radius 3 is 2.80 bits per heavy atom. The summed E-state index contributed by atoms with van der Waals surface area (Å²) in [6.45, 7) is -0.0122. The van der Waals surface area contributed by atoms with Crippen molar-refractivity contribution in [2.24, 2.45) is 0 Å². The molecule has 1 saturated carbocycles. The molecule has 2 rings (SSSR count). The minimum absolute atomic E-state index is 0.0122. The van der Waals surface area contributed by atoms with Crippen molar-refractivity contribution >= 4 is 10.0 Å². The van der Waals surface area contributed by atoms with Gasteiger partial charge in [0.25, 0.3) is 0 Å². The minimum atomic E-state index is -3.53. The molecule has 0 unspecified atom stereocenters. The van der Waals surface area contributed by atoms with Crippen LogP contribution in [0.15, 0.2) is 23.4 Å². The third-order valence-corrected chi connectivity index (χ3v) is 4.66. The molecule has 0 radical (unpaired) electrons. The lowest BCUT2D eigenvalue weighted by Gasteiger charge is -2.12. The number of nitrogens with one attached hydrogen (secondary N) is 1. The summed E-state index contributed by atoms with van der Waals surface area (Å²) < 4.78 is 27.2. The molecule has 1 fully saturated rings. The molecular formula is C14H18N2O3S. The zero-order valence-corrected chi connectivity index (χ0v) is 12.0. The van der Waals surface area contributed by atoms with E-state index in [1.807, 2.05) is 0 Å². The Labute approximate surface area is 119 Å². The molecule has 6 heteroatoms. The zero-order valence-electron chi connectivity index (χ0n) is 11.2. The van der Waals surface area contributed by atoms with Gasteiger partial charge < -0.3 is 5.11 Å². The molecule has 5 nitrogen and oxygen atoms in total. The van der Waals surface area contributed by atoms with Crippen molar-refractivity contribution in [2.45, 2.75) is 43.0 Å². The molecule has 1 aromatic heterocycles. The molecule has 0 bridgehead atoms. The van der Waals surface area contributed by atoms with Crippen LogP contribution in [0.3, 0.4) is 0 Å². The van der Waals surface area contributed by atoms with Crippen LogP contribution in [0.1, 0.15) is 37.7 Å². The Morgan fingerprint density at radius 2 is 2.10 bits per heavy atom. The molecule has 0 spiro atoms. The van der Waals surface area contributed by atoms with Crippen LogP contribution >= 0.6 is 0 Å². The Kier molecular flexibility index (Phi) is 5.12. The second-order valence-corrected chi connectivity index (χ2v) is 6.50. The summed E-state index contributed by atoms with van der Waals surface area (Å²) in [4.78, 5) is 4.06. The molecule has 1 heterocycles. The lowest BCUT2D eigenvalue weighted by atomic mass is 10.3. The largest absolute Gasteiger partial charge is 0.395 e. The van der Waals surface area contributed by atoms with Crippen molar-refractivity contribution in [3.05, 3.63) is 24.0 Å². The second kappa shape index (κ2) is 6.84. The van der Waals surface area contributed by atoms with Crippen LogP contribution in [0.4, 0.5) is 0 Å². The van der Waals surface area contributed by atoms with Crippen LogP contribution in [0.5, 0.6) is 0 Å². The SMILES string of the molecule is O=S(=O)(NC1CCCC1)c1cncc(C#CCCO)c1. The molecule has 0 atom stereocenters. The lowest BCUT2D eigenvalue weighted by molar-refractivity contribution is 0.305. The van der Waals surface area contributed by atoms with Crippen molar-refractivity contribution in [3.63, 3.8) is 0 Å². The number of aliphatic hydroxyl groups is 1. The summed E-state index contributed by atoms with van der Waals surface area (Å²) in [5.41, 5.74) is 0.535. The predicted octanol–water partition coefficient (Wildman–Crippen LogP) is 1.04. The fourth-order valence-electron chi connectivity index (χ4n) is 2.19. The number of hydrogen-bond acceptors (Lipinski definition) is 4. The summed E-state index contributed by atoms with van der Waals surface area (Å²) >= 11 is 0. The van der Waals surface area contributed by atoms with E-state index in [9.17, 15) is 8.42 Å². The van der Waals surface area contributed by atoms with E-state index in [1.54, 1.807) is 0 Å². The first-order chi connectivity index (χ1) is 9.62. The van der Waals surface area contributed by atoms with Crippen molar-refractivity contribution < 1.29 is 13.5 Å². The highest BCUT2D eigenvalue weighted by Crippen LogP contribution is 2.20. The van der Waals surface area contributed by atoms with E-state index in [2.05, 4.69) is 21.5 Å². The number of pyridine rings is 1. The first kappa shape index (κ1) is 15.0. The number of nitrogens with zero attached hydrogens (tertiary/aromatic N) is 1. The molecule has 0 aliphatic heterocycles. The van der Waals surface area contributed by atoms with E-state index in [0.29, 0.717) is 12.0 Å². The highest BCUT2D eigenvalue weighted by molar-refractivity contribution is 7.89. The number of sulfonamides is 1. The van der Waals surface area contributed by atoms with Gasteiger partial charge >= 0.3 is 0 Å². The number of rotatable bonds is 4. The van der Waals surface area contributed by atoms with Crippen LogP contribution < -0.4 is 4.72 Å². The minimum Gasteiger partial charge on any atom is -0.395 e. The van der Waals surface area contributed by atoms with Crippen LogP contribution in [-0.2, 0) is 10.0 Å². The van der Waals surface area contributed by atoms with E-state index in [4.69, 9.17) is 5.11 Å². The molecule has 0 amide bonds. The average Bonchev–Trinajstić information content (AvgIpc) is 2.92.